The van der Waals surface area contributed by atoms with E-state index in [4.69, 9.17) is 23.3 Å². The first-order valence-electron chi connectivity index (χ1n) is 22.1. The maximum absolute atomic E-state index is 12.7. The van der Waals surface area contributed by atoms with Gasteiger partial charge in [0.25, 0.3) is 7.82 Å². The van der Waals surface area contributed by atoms with Crippen molar-refractivity contribution in [2.75, 3.05) is 47.5 Å². The average Bonchev–Trinajstić information content (AvgIpc) is 3.92. The molecule has 1 rings (SSSR count). The fraction of sp³-hybridized carbons (Fsp3) is 0.739. The van der Waals surface area contributed by atoms with E-state index in [1.165, 1.54) is 44.9 Å². The number of allylic oxidation sites excluding steroid dienone is 8. The fourth-order valence-corrected chi connectivity index (χ4v) is 6.50. The van der Waals surface area contributed by atoms with Crippen LogP contribution in [-0.2, 0) is 37.4 Å². The van der Waals surface area contributed by atoms with Crippen LogP contribution in [-0.4, -0.2) is 82.2 Å². The molecular formula is C46H80NO9P. The van der Waals surface area contributed by atoms with Crippen molar-refractivity contribution in [3.8, 4) is 0 Å². The number of epoxide rings is 1. The Morgan fingerprint density at radius 3 is 1.72 bits per heavy atom. The molecule has 1 fully saturated rings. The third-order valence-electron chi connectivity index (χ3n) is 9.41. The Morgan fingerprint density at radius 1 is 0.632 bits per heavy atom. The minimum atomic E-state index is -4.65. The van der Waals surface area contributed by atoms with Crippen LogP contribution >= 0.6 is 7.82 Å². The Labute approximate surface area is 347 Å². The molecule has 0 radical (unpaired) electrons. The highest BCUT2D eigenvalue weighted by atomic mass is 31.2. The minimum absolute atomic E-state index is 0.0477. The molecule has 0 aromatic carbocycles. The summed E-state index contributed by atoms with van der Waals surface area (Å²) in [6, 6.07) is 0. The second-order valence-electron chi connectivity index (χ2n) is 16.1. The van der Waals surface area contributed by atoms with Crippen LogP contribution in [0.5, 0.6) is 0 Å². The number of esters is 2. The Hall–Kier alpha value is -2.33. The van der Waals surface area contributed by atoms with Gasteiger partial charge in [0, 0.05) is 12.8 Å². The number of hydrogen-bond acceptors (Lipinski definition) is 9. The van der Waals surface area contributed by atoms with Crippen LogP contribution < -0.4 is 4.89 Å². The fourth-order valence-electron chi connectivity index (χ4n) is 5.78. The molecule has 1 aliphatic rings. The summed E-state index contributed by atoms with van der Waals surface area (Å²) in [5, 5.41) is 0. The SMILES string of the molecule is CCCCC/C=C\C/C=C\CCCCCCCC(=O)O[C@H](COC(=O)CCC/C=C\CC1OC1C/C=C\C/C=C\CCCCC)COP(=O)([O-])OCC[N+](C)(C)C. The second-order valence-corrected chi connectivity index (χ2v) is 17.5. The van der Waals surface area contributed by atoms with Crippen LogP contribution in [0.25, 0.3) is 0 Å². The summed E-state index contributed by atoms with van der Waals surface area (Å²) in [5.41, 5.74) is 0. The topological polar surface area (TPSA) is 124 Å². The van der Waals surface area contributed by atoms with Crippen LogP contribution in [0.3, 0.4) is 0 Å². The first-order valence-corrected chi connectivity index (χ1v) is 23.6. The monoisotopic (exact) mass is 822 g/mol. The van der Waals surface area contributed by atoms with Gasteiger partial charge in [0.05, 0.1) is 40.0 Å². The number of unbranched alkanes of at least 4 members (excludes halogenated alkanes) is 12. The summed E-state index contributed by atoms with van der Waals surface area (Å²) in [4.78, 5) is 37.6. The van der Waals surface area contributed by atoms with Crippen molar-refractivity contribution in [2.24, 2.45) is 0 Å². The molecule has 3 unspecified atom stereocenters. The molecule has 0 spiro atoms. The summed E-state index contributed by atoms with van der Waals surface area (Å²) < 4.78 is 39.6. The first kappa shape index (κ1) is 52.7. The lowest BCUT2D eigenvalue weighted by molar-refractivity contribution is -0.870. The smallest absolute Gasteiger partial charge is 0.306 e. The molecule has 4 atom stereocenters. The van der Waals surface area contributed by atoms with Gasteiger partial charge < -0.3 is 32.6 Å². The Kier molecular flexibility index (Phi) is 31.9. The lowest BCUT2D eigenvalue weighted by Crippen LogP contribution is -2.37. The van der Waals surface area contributed by atoms with Crippen molar-refractivity contribution in [2.45, 2.75) is 173 Å². The van der Waals surface area contributed by atoms with Crippen molar-refractivity contribution in [3.05, 3.63) is 60.8 Å². The normalized spacial score (nSPS) is 17.7. The number of phosphoric acid groups is 1. The molecule has 11 heteroatoms. The zero-order valence-electron chi connectivity index (χ0n) is 36.5. The van der Waals surface area contributed by atoms with Crippen LogP contribution in [0.15, 0.2) is 60.8 Å². The molecule has 0 aliphatic carbocycles. The number of hydrogen-bond donors (Lipinski definition) is 0. The van der Waals surface area contributed by atoms with E-state index in [0.29, 0.717) is 23.9 Å². The number of carbonyl (C=O) groups is 2. The van der Waals surface area contributed by atoms with Crippen LogP contribution in [0, 0.1) is 0 Å². The van der Waals surface area contributed by atoms with Gasteiger partial charge in [-0.1, -0.05) is 120 Å². The second kappa shape index (κ2) is 34.5. The zero-order chi connectivity index (χ0) is 41.9. The molecule has 0 amide bonds. The molecule has 0 saturated carbocycles. The van der Waals surface area contributed by atoms with Gasteiger partial charge in [-0.15, -0.1) is 0 Å². The summed E-state index contributed by atoms with van der Waals surface area (Å²) >= 11 is 0. The third kappa shape index (κ3) is 35.3. The molecule has 57 heavy (non-hydrogen) atoms. The van der Waals surface area contributed by atoms with Crippen LogP contribution in [0.1, 0.15) is 155 Å². The van der Waals surface area contributed by atoms with Gasteiger partial charge in [-0.05, 0) is 83.5 Å². The molecule has 0 bridgehead atoms. The first-order chi connectivity index (χ1) is 27.5. The van der Waals surface area contributed by atoms with E-state index >= 15 is 0 Å². The lowest BCUT2D eigenvalue weighted by Gasteiger charge is -2.28. The lowest BCUT2D eigenvalue weighted by atomic mass is 10.1. The predicted octanol–water partition coefficient (Wildman–Crippen LogP) is 10.8. The number of phosphoric ester groups is 1. The van der Waals surface area contributed by atoms with E-state index in [9.17, 15) is 19.0 Å². The molecular weight excluding hydrogens is 741 g/mol. The average molecular weight is 822 g/mol. The molecule has 1 heterocycles. The third-order valence-corrected chi connectivity index (χ3v) is 10.4. The summed E-state index contributed by atoms with van der Waals surface area (Å²) in [7, 11) is 1.11. The number of carbonyl (C=O) groups excluding carboxylic acids is 2. The van der Waals surface area contributed by atoms with E-state index < -0.39 is 32.5 Å². The van der Waals surface area contributed by atoms with E-state index in [-0.39, 0.29) is 38.3 Å². The molecule has 0 aromatic heterocycles. The van der Waals surface area contributed by atoms with Gasteiger partial charge in [-0.25, -0.2) is 0 Å². The van der Waals surface area contributed by atoms with Gasteiger partial charge in [0.1, 0.15) is 19.8 Å². The van der Waals surface area contributed by atoms with E-state index in [2.05, 4.69) is 74.6 Å². The van der Waals surface area contributed by atoms with E-state index in [1.807, 2.05) is 21.1 Å². The summed E-state index contributed by atoms with van der Waals surface area (Å²) in [6.07, 6.45) is 42.7. The largest absolute Gasteiger partial charge is 0.756 e. The van der Waals surface area contributed by atoms with Crippen LogP contribution in [0.2, 0.25) is 0 Å². The highest BCUT2D eigenvalue weighted by Gasteiger charge is 2.36. The maximum atomic E-state index is 12.7. The Morgan fingerprint density at radius 2 is 1.12 bits per heavy atom. The Bertz CT molecular complexity index is 1220. The number of quaternary nitrogens is 1. The van der Waals surface area contributed by atoms with Crippen molar-refractivity contribution in [3.63, 3.8) is 0 Å². The summed E-state index contributed by atoms with van der Waals surface area (Å²) in [5.74, 6) is -0.929. The van der Waals surface area contributed by atoms with Crippen molar-refractivity contribution in [1.82, 2.24) is 0 Å². The highest BCUT2D eigenvalue weighted by Crippen LogP contribution is 2.38. The predicted molar refractivity (Wildman–Crippen MR) is 231 cm³/mol. The molecule has 0 N–H and O–H groups in total. The molecule has 10 nitrogen and oxygen atoms in total. The van der Waals surface area contributed by atoms with Gasteiger partial charge >= 0.3 is 11.9 Å². The van der Waals surface area contributed by atoms with Crippen molar-refractivity contribution >= 4 is 19.8 Å². The van der Waals surface area contributed by atoms with Crippen LogP contribution in [0.4, 0.5) is 0 Å². The Balaban J connectivity index is 2.35. The van der Waals surface area contributed by atoms with Crippen molar-refractivity contribution < 1.29 is 46.8 Å². The zero-order valence-corrected chi connectivity index (χ0v) is 37.4. The number of nitrogens with zero attached hydrogens (tertiary/aromatic N) is 1. The molecule has 1 saturated heterocycles. The molecule has 1 aliphatic heterocycles. The minimum Gasteiger partial charge on any atom is -0.756 e. The molecule has 0 aromatic rings. The molecule has 328 valence electrons. The van der Waals surface area contributed by atoms with Crippen molar-refractivity contribution in [1.29, 1.82) is 0 Å². The standard InChI is InChI=1S/C46H80NO9P/c1-6-8-10-12-14-16-17-18-19-20-21-23-25-27-33-37-46(49)55-42(41-54-57(50,51)53-39-38-47(3,4)5)40-52-45(48)36-32-29-28-31-35-44-43(56-44)34-30-26-24-22-15-13-11-9-7-2/h14-16,18-19,22,26,28,30-31,42-44H,6-13,17,20-21,23-25,27,29,32-41H2,1-5H3/b16-14-,19-18-,22-15-,30-26-,31-28-/t42-,43?,44?/m1/s1. The van der Waals surface area contributed by atoms with Gasteiger partial charge in [-0.3, -0.25) is 14.2 Å². The van der Waals surface area contributed by atoms with Gasteiger partial charge in [0.15, 0.2) is 6.10 Å². The van der Waals surface area contributed by atoms with E-state index in [0.717, 1.165) is 70.6 Å². The number of likely N-dealkylation sites (N-methyl/N-ethyl adjacent to an activating group) is 1. The summed E-state index contributed by atoms with van der Waals surface area (Å²) in [6.45, 7) is 4.06. The van der Waals surface area contributed by atoms with Gasteiger partial charge in [-0.2, -0.15) is 0 Å². The number of rotatable bonds is 38. The quantitative estimate of drug-likeness (QED) is 0.0149. The maximum Gasteiger partial charge on any atom is 0.306 e. The van der Waals surface area contributed by atoms with E-state index in [1.54, 1.807) is 0 Å². The highest BCUT2D eigenvalue weighted by molar-refractivity contribution is 7.45. The number of ether oxygens (including phenoxy) is 3. The van der Waals surface area contributed by atoms with Gasteiger partial charge in [0.2, 0.25) is 0 Å².